The number of piperidine rings is 2. The standard InChI is InChI=1S/C51H54FN11O7/c1-30-28-62(31(2)27-61(30)24-21-55-45-44-37(13-19-54-45)47(66)63(48(44)67)40-11-12-43(64)59-46(40)65)29-32-15-22-60(23-16-32)42-25-39-38(26-56-42)41(14-20-53-39)70-36-9-7-35(8-10-36)58-50(69)51(17-18-51)49(68)57-34-5-3-33(52)4-6-34/h3-10,13-14,19-20,25-26,30-32,40H,11-12,15-18,21-24,27-29H2,1-2H3,(H,54,55)(H,57,68)(H,58,69)(H,59,64,65)/t30-,31-,40?/m1/s1. The predicted octanol–water partition coefficient (Wildman–Crippen LogP) is 5.44. The van der Waals surface area contributed by atoms with Crippen LogP contribution in [0.5, 0.6) is 11.5 Å². The molecule has 4 N–H and O–H groups in total. The quantitative estimate of drug-likeness (QED) is 0.0808. The van der Waals surface area contributed by atoms with Gasteiger partial charge in [0.25, 0.3) is 11.8 Å². The summed E-state index contributed by atoms with van der Waals surface area (Å²) in [5.41, 5.74) is 0.905. The highest BCUT2D eigenvalue weighted by Crippen LogP contribution is 2.47. The first-order valence-electron chi connectivity index (χ1n) is 23.9. The summed E-state index contributed by atoms with van der Waals surface area (Å²) >= 11 is 0. The second kappa shape index (κ2) is 19.2. The minimum absolute atomic E-state index is 0.0576. The van der Waals surface area contributed by atoms with Gasteiger partial charge in [-0.05, 0) is 113 Å². The Bertz CT molecular complexity index is 2870. The molecule has 2 aromatic carbocycles. The fourth-order valence-electron chi connectivity index (χ4n) is 10.1. The van der Waals surface area contributed by atoms with Crippen LogP contribution in [0.3, 0.4) is 0 Å². The molecule has 0 bridgehead atoms. The lowest BCUT2D eigenvalue weighted by Crippen LogP contribution is -2.58. The van der Waals surface area contributed by atoms with Gasteiger partial charge in [0.05, 0.1) is 22.0 Å². The molecule has 3 saturated heterocycles. The number of anilines is 4. The SMILES string of the molecule is C[C@@H]1CN(CC2CCN(c3cc4nccc(Oc5ccc(NC(=O)C6(C(=O)Nc7ccc(F)cc7)CC6)cc5)c4cn3)CC2)[C@H](C)CN1CCNc1nccc2c1C(=O)N(C1CCC(=O)NC1=O)C2=O. The van der Waals surface area contributed by atoms with Gasteiger partial charge in [-0.25, -0.2) is 14.4 Å². The number of aromatic nitrogens is 3. The molecule has 70 heavy (non-hydrogen) atoms. The predicted molar refractivity (Wildman–Crippen MR) is 258 cm³/mol. The Morgan fingerprint density at radius 3 is 2.19 bits per heavy atom. The number of carbonyl (C=O) groups excluding carboxylic acids is 6. The van der Waals surface area contributed by atoms with Crippen molar-refractivity contribution in [2.24, 2.45) is 11.3 Å². The van der Waals surface area contributed by atoms with Gasteiger partial charge in [0.15, 0.2) is 0 Å². The van der Waals surface area contributed by atoms with E-state index < -0.39 is 52.7 Å². The zero-order valence-electron chi connectivity index (χ0n) is 39.0. The third-order valence-electron chi connectivity index (χ3n) is 14.4. The zero-order valence-corrected chi connectivity index (χ0v) is 39.0. The molecule has 19 heteroatoms. The number of ether oxygens (including phenoxy) is 1. The number of halogens is 1. The summed E-state index contributed by atoms with van der Waals surface area (Å²) in [7, 11) is 0. The number of piperazine rings is 1. The molecule has 1 saturated carbocycles. The van der Waals surface area contributed by atoms with Crippen molar-refractivity contribution >= 4 is 69.4 Å². The average Bonchev–Trinajstić information content (AvgIpc) is 4.14. The minimum atomic E-state index is -1.17. The van der Waals surface area contributed by atoms with Gasteiger partial charge in [-0.3, -0.25) is 53.8 Å². The molecule has 6 amide bonds. The van der Waals surface area contributed by atoms with Crippen LogP contribution in [0, 0.1) is 17.2 Å². The van der Waals surface area contributed by atoms with E-state index in [1.807, 2.05) is 6.07 Å². The number of carbonyl (C=O) groups is 6. The average molecular weight is 952 g/mol. The van der Waals surface area contributed by atoms with Crippen LogP contribution < -0.4 is 30.9 Å². The van der Waals surface area contributed by atoms with Crippen molar-refractivity contribution in [1.82, 2.24) is 35.0 Å². The van der Waals surface area contributed by atoms with E-state index >= 15 is 0 Å². The number of nitrogens with zero attached hydrogens (tertiary/aromatic N) is 7. The molecule has 0 radical (unpaired) electrons. The lowest BCUT2D eigenvalue weighted by molar-refractivity contribution is -0.136. The summed E-state index contributed by atoms with van der Waals surface area (Å²) in [6.07, 6.45) is 8.08. The number of fused-ring (bicyclic) bond motifs is 2. The fraction of sp³-hybridized carbons (Fsp3) is 0.392. The Morgan fingerprint density at radius 1 is 0.814 bits per heavy atom. The molecule has 18 nitrogen and oxygen atoms in total. The summed E-state index contributed by atoms with van der Waals surface area (Å²) in [5.74, 6) is -0.538. The van der Waals surface area contributed by atoms with Crippen LogP contribution in [0.4, 0.5) is 27.4 Å². The molecule has 4 aliphatic heterocycles. The van der Waals surface area contributed by atoms with Crippen LogP contribution in [0.15, 0.2) is 85.3 Å². The Morgan fingerprint density at radius 2 is 1.49 bits per heavy atom. The first-order chi connectivity index (χ1) is 33.8. The number of amides is 6. The molecule has 1 unspecified atom stereocenters. The molecule has 4 fully saturated rings. The first-order valence-corrected chi connectivity index (χ1v) is 23.9. The van der Waals surface area contributed by atoms with Gasteiger partial charge < -0.3 is 25.6 Å². The highest BCUT2D eigenvalue weighted by molar-refractivity contribution is 6.25. The highest BCUT2D eigenvalue weighted by Gasteiger charge is 2.56. The molecule has 3 aromatic heterocycles. The summed E-state index contributed by atoms with van der Waals surface area (Å²) in [5, 5.41) is 11.9. The normalized spacial score (nSPS) is 21.6. The van der Waals surface area contributed by atoms with Gasteiger partial charge >= 0.3 is 0 Å². The molecule has 1 aliphatic carbocycles. The zero-order chi connectivity index (χ0) is 48.7. The van der Waals surface area contributed by atoms with Gasteiger partial charge in [-0.1, -0.05) is 0 Å². The maximum Gasteiger partial charge on any atom is 0.266 e. The van der Waals surface area contributed by atoms with Crippen LogP contribution in [-0.4, -0.2) is 129 Å². The van der Waals surface area contributed by atoms with Crippen molar-refractivity contribution in [3.63, 3.8) is 0 Å². The molecule has 5 aliphatic rings. The summed E-state index contributed by atoms with van der Waals surface area (Å²) < 4.78 is 19.6. The van der Waals surface area contributed by atoms with Crippen molar-refractivity contribution in [2.45, 2.75) is 70.5 Å². The fourth-order valence-corrected chi connectivity index (χ4v) is 10.1. The summed E-state index contributed by atoms with van der Waals surface area (Å²) in [4.78, 5) is 99.4. The van der Waals surface area contributed by atoms with E-state index in [4.69, 9.17) is 9.72 Å². The molecule has 10 rings (SSSR count). The van der Waals surface area contributed by atoms with E-state index in [2.05, 4.69) is 59.8 Å². The van der Waals surface area contributed by atoms with E-state index in [0.717, 1.165) is 67.2 Å². The summed E-state index contributed by atoms with van der Waals surface area (Å²) in [6, 6.07) is 17.3. The van der Waals surface area contributed by atoms with E-state index in [-0.39, 0.29) is 24.0 Å². The molecule has 3 atom stereocenters. The molecule has 0 spiro atoms. The molecule has 362 valence electrons. The Kier molecular flexibility index (Phi) is 12.7. The Labute approximate surface area is 403 Å². The van der Waals surface area contributed by atoms with Gasteiger partial charge in [-0.15, -0.1) is 0 Å². The lowest BCUT2D eigenvalue weighted by atomic mass is 9.94. The second-order valence-corrected chi connectivity index (χ2v) is 19.0. The van der Waals surface area contributed by atoms with Crippen LogP contribution in [0.1, 0.15) is 73.1 Å². The van der Waals surface area contributed by atoms with Crippen LogP contribution in [-0.2, 0) is 19.2 Å². The Balaban J connectivity index is 0.679. The lowest BCUT2D eigenvalue weighted by Gasteiger charge is -2.46. The van der Waals surface area contributed by atoms with Gasteiger partial charge in [0.2, 0.25) is 23.6 Å². The maximum absolute atomic E-state index is 13.5. The van der Waals surface area contributed by atoms with Crippen molar-refractivity contribution < 1.29 is 37.9 Å². The third-order valence-corrected chi connectivity index (χ3v) is 14.4. The molecular formula is C51H54FN11O7. The summed E-state index contributed by atoms with van der Waals surface area (Å²) in [6.45, 7) is 10.3. The van der Waals surface area contributed by atoms with Gasteiger partial charge in [0.1, 0.15) is 40.4 Å². The van der Waals surface area contributed by atoms with Crippen LogP contribution >= 0.6 is 0 Å². The van der Waals surface area contributed by atoms with E-state index in [0.29, 0.717) is 72.6 Å². The molecular weight excluding hydrogens is 898 g/mol. The van der Waals surface area contributed by atoms with Crippen LogP contribution in [0.2, 0.25) is 0 Å². The maximum atomic E-state index is 13.5. The Hall–Kier alpha value is -7.38. The second-order valence-electron chi connectivity index (χ2n) is 19.0. The minimum Gasteiger partial charge on any atom is -0.457 e. The number of nitrogens with one attached hydrogen (secondary N) is 4. The van der Waals surface area contributed by atoms with Crippen molar-refractivity contribution in [2.75, 3.05) is 66.7 Å². The van der Waals surface area contributed by atoms with Crippen molar-refractivity contribution in [3.8, 4) is 11.5 Å². The molecule has 5 aromatic rings. The van der Waals surface area contributed by atoms with E-state index in [1.165, 1.54) is 36.5 Å². The number of imide groups is 2. The number of benzene rings is 2. The topological polar surface area (TPSA) is 211 Å². The van der Waals surface area contributed by atoms with E-state index in [1.54, 1.807) is 42.7 Å². The third kappa shape index (κ3) is 9.37. The first kappa shape index (κ1) is 46.4. The van der Waals surface area contributed by atoms with Crippen molar-refractivity contribution in [3.05, 3.63) is 102 Å². The number of hydrogen-bond donors (Lipinski definition) is 4. The van der Waals surface area contributed by atoms with Crippen molar-refractivity contribution in [1.29, 1.82) is 0 Å². The molecule has 7 heterocycles. The van der Waals surface area contributed by atoms with E-state index in [9.17, 15) is 33.2 Å². The number of hydrogen-bond acceptors (Lipinski definition) is 14. The van der Waals surface area contributed by atoms with Gasteiger partial charge in [-0.2, -0.15) is 0 Å². The largest absolute Gasteiger partial charge is 0.457 e. The van der Waals surface area contributed by atoms with Gasteiger partial charge in [0, 0.05) is 100 Å². The number of pyridine rings is 3. The number of rotatable bonds is 14. The smallest absolute Gasteiger partial charge is 0.266 e. The monoisotopic (exact) mass is 951 g/mol. The van der Waals surface area contributed by atoms with Crippen LogP contribution in [0.25, 0.3) is 10.9 Å². The highest BCUT2D eigenvalue weighted by atomic mass is 19.1.